The standard InChI is InChI=1S/C37H49N5O5/c1-46-33-13-6-5-12-32(33)41-19-21-42(22-20-41)34(43)27-40-18-14-30-29(26-40)11-7-8-15-37(16-23-47-24-17-37)36(45)39-31(35(44)38-30)25-28-9-3-2-4-10-28/h2-10,12-13,29-31H,11,14-27H2,1H3,(H,38,44)(H,39,45)/t29-,30+,31+/m0/s1. The Kier molecular flexibility index (Phi) is 10.8. The Labute approximate surface area is 278 Å². The first-order chi connectivity index (χ1) is 22.9. The van der Waals surface area contributed by atoms with Gasteiger partial charge in [-0.05, 0) is 55.7 Å². The van der Waals surface area contributed by atoms with Crippen molar-refractivity contribution in [2.45, 2.75) is 50.6 Å². The Bertz CT molecular complexity index is 1400. The summed E-state index contributed by atoms with van der Waals surface area (Å²) in [5.74, 6) is 0.974. The van der Waals surface area contributed by atoms with Gasteiger partial charge in [0.2, 0.25) is 17.7 Å². The fraction of sp³-hybridized carbons (Fsp3) is 0.541. The van der Waals surface area contributed by atoms with Crippen molar-refractivity contribution in [3.8, 4) is 5.75 Å². The molecule has 2 N–H and O–H groups in total. The van der Waals surface area contributed by atoms with E-state index >= 15 is 0 Å². The highest BCUT2D eigenvalue weighted by atomic mass is 16.5. The molecule has 4 aliphatic rings. The fourth-order valence-electron chi connectivity index (χ4n) is 7.58. The molecular weight excluding hydrogens is 594 g/mol. The van der Waals surface area contributed by atoms with Gasteiger partial charge < -0.3 is 29.9 Å². The second-order valence-electron chi connectivity index (χ2n) is 13.5. The lowest BCUT2D eigenvalue weighted by Crippen LogP contribution is -2.59. The molecule has 10 nitrogen and oxygen atoms in total. The van der Waals surface area contributed by atoms with Crippen molar-refractivity contribution < 1.29 is 23.9 Å². The van der Waals surface area contributed by atoms with E-state index in [9.17, 15) is 14.4 Å². The molecule has 1 spiro atoms. The third-order valence-corrected chi connectivity index (χ3v) is 10.5. The van der Waals surface area contributed by atoms with Crippen LogP contribution in [0.5, 0.6) is 5.75 Å². The number of piperazine rings is 1. The number of likely N-dealkylation sites (tertiary alicyclic amines) is 1. The molecule has 47 heavy (non-hydrogen) atoms. The average molecular weight is 644 g/mol. The Morgan fingerprint density at radius 2 is 1.68 bits per heavy atom. The van der Waals surface area contributed by atoms with Crippen LogP contribution in [0.15, 0.2) is 66.7 Å². The Balaban J connectivity index is 1.11. The number of amides is 3. The van der Waals surface area contributed by atoms with Gasteiger partial charge in [-0.25, -0.2) is 0 Å². The number of para-hydroxylation sites is 2. The van der Waals surface area contributed by atoms with Gasteiger partial charge in [-0.2, -0.15) is 0 Å². The molecule has 0 bridgehead atoms. The van der Waals surface area contributed by atoms with Crippen molar-refractivity contribution in [2.75, 3.05) is 71.0 Å². The third-order valence-electron chi connectivity index (χ3n) is 10.5. The van der Waals surface area contributed by atoms with Crippen LogP contribution in [-0.2, 0) is 25.5 Å². The van der Waals surface area contributed by atoms with Crippen LogP contribution in [0.2, 0.25) is 0 Å². The van der Waals surface area contributed by atoms with Crippen molar-refractivity contribution in [1.82, 2.24) is 20.4 Å². The number of piperidine rings is 1. The number of rotatable bonds is 6. The first-order valence-electron chi connectivity index (χ1n) is 17.2. The van der Waals surface area contributed by atoms with Gasteiger partial charge in [-0.3, -0.25) is 19.3 Å². The molecule has 2 aromatic rings. The summed E-state index contributed by atoms with van der Waals surface area (Å²) in [6.07, 6.45) is 8.21. The van der Waals surface area contributed by atoms with E-state index in [2.05, 4.69) is 38.7 Å². The lowest BCUT2D eigenvalue weighted by atomic mass is 9.75. The molecule has 4 aliphatic heterocycles. The first kappa shape index (κ1) is 33.0. The van der Waals surface area contributed by atoms with Crippen LogP contribution >= 0.6 is 0 Å². The number of fused-ring (bicyclic) bond motifs is 1. The summed E-state index contributed by atoms with van der Waals surface area (Å²) in [6, 6.07) is 17.2. The maximum Gasteiger partial charge on any atom is 0.243 e. The number of allylic oxidation sites excluding steroid dienone is 2. The molecule has 4 heterocycles. The Hall–Kier alpha value is -3.89. The number of hydrogen-bond acceptors (Lipinski definition) is 7. The van der Waals surface area contributed by atoms with Gasteiger partial charge in [0.25, 0.3) is 0 Å². The van der Waals surface area contributed by atoms with E-state index in [0.29, 0.717) is 58.5 Å². The zero-order valence-electron chi connectivity index (χ0n) is 27.6. The van der Waals surface area contributed by atoms with Crippen LogP contribution in [0.4, 0.5) is 5.69 Å². The quantitative estimate of drug-likeness (QED) is 0.467. The Morgan fingerprint density at radius 1 is 0.936 bits per heavy atom. The lowest BCUT2D eigenvalue weighted by Gasteiger charge is -2.41. The second kappa shape index (κ2) is 15.3. The molecule has 3 saturated heterocycles. The number of methoxy groups -OCH3 is 1. The minimum absolute atomic E-state index is 0.0328. The van der Waals surface area contributed by atoms with Crippen LogP contribution in [0.3, 0.4) is 0 Å². The first-order valence-corrected chi connectivity index (χ1v) is 17.2. The SMILES string of the molecule is COc1ccccc1N1CCN(C(=O)CN2CC[C@H]3NC(=O)[C@@H](Cc4ccccc4)NC(=O)C4(CC=CC[C@H]3C2)CCOCC4)CC1. The number of nitrogens with one attached hydrogen (secondary N) is 2. The normalized spacial score (nSPS) is 25.6. The zero-order chi connectivity index (χ0) is 32.6. The van der Waals surface area contributed by atoms with E-state index in [4.69, 9.17) is 9.47 Å². The molecule has 2 aromatic carbocycles. The molecule has 10 heteroatoms. The summed E-state index contributed by atoms with van der Waals surface area (Å²) in [5, 5.41) is 6.50. The number of ether oxygens (including phenoxy) is 2. The van der Waals surface area contributed by atoms with Crippen LogP contribution in [0.25, 0.3) is 0 Å². The van der Waals surface area contributed by atoms with E-state index in [0.717, 1.165) is 56.0 Å². The molecule has 0 aromatic heterocycles. The summed E-state index contributed by atoms with van der Waals surface area (Å²) in [5.41, 5.74) is 1.49. The lowest BCUT2D eigenvalue weighted by molar-refractivity contribution is -0.140. The molecular formula is C37H49N5O5. The largest absolute Gasteiger partial charge is 0.495 e. The maximum atomic E-state index is 13.9. The van der Waals surface area contributed by atoms with Crippen LogP contribution in [0.1, 0.15) is 37.7 Å². The minimum Gasteiger partial charge on any atom is -0.495 e. The maximum absolute atomic E-state index is 13.9. The number of hydrogen-bond donors (Lipinski definition) is 2. The summed E-state index contributed by atoms with van der Waals surface area (Å²) in [7, 11) is 1.69. The van der Waals surface area contributed by atoms with Crippen LogP contribution < -0.4 is 20.3 Å². The smallest absolute Gasteiger partial charge is 0.243 e. The molecule has 0 unspecified atom stereocenters. The molecule has 6 rings (SSSR count). The van der Waals surface area contributed by atoms with Crippen LogP contribution in [0, 0.1) is 11.3 Å². The highest BCUT2D eigenvalue weighted by molar-refractivity contribution is 5.90. The molecule has 0 saturated carbocycles. The predicted molar refractivity (Wildman–Crippen MR) is 181 cm³/mol. The van der Waals surface area contributed by atoms with Gasteiger partial charge in [-0.1, -0.05) is 54.6 Å². The molecule has 3 fully saturated rings. The highest BCUT2D eigenvalue weighted by Gasteiger charge is 2.41. The van der Waals surface area contributed by atoms with Crippen molar-refractivity contribution in [3.05, 3.63) is 72.3 Å². The number of carbonyl (C=O) groups excluding carboxylic acids is 3. The van der Waals surface area contributed by atoms with E-state index in [-0.39, 0.29) is 29.7 Å². The van der Waals surface area contributed by atoms with E-state index < -0.39 is 11.5 Å². The highest BCUT2D eigenvalue weighted by Crippen LogP contribution is 2.36. The van der Waals surface area contributed by atoms with Crippen molar-refractivity contribution in [3.63, 3.8) is 0 Å². The summed E-state index contributed by atoms with van der Waals surface area (Å²) < 4.78 is 11.2. The van der Waals surface area contributed by atoms with Gasteiger partial charge in [0.1, 0.15) is 11.8 Å². The van der Waals surface area contributed by atoms with Gasteiger partial charge in [0.15, 0.2) is 0 Å². The van der Waals surface area contributed by atoms with E-state index in [1.165, 1.54) is 0 Å². The average Bonchev–Trinajstić information content (AvgIpc) is 3.11. The third kappa shape index (κ3) is 7.99. The van der Waals surface area contributed by atoms with Gasteiger partial charge >= 0.3 is 0 Å². The summed E-state index contributed by atoms with van der Waals surface area (Å²) in [6.45, 7) is 5.82. The predicted octanol–water partition coefficient (Wildman–Crippen LogP) is 3.02. The van der Waals surface area contributed by atoms with Gasteiger partial charge in [-0.15, -0.1) is 0 Å². The fourth-order valence-corrected chi connectivity index (χ4v) is 7.58. The Morgan fingerprint density at radius 3 is 2.45 bits per heavy atom. The number of carbonyl (C=O) groups is 3. The molecule has 3 atom stereocenters. The van der Waals surface area contributed by atoms with E-state index in [1.54, 1.807) is 7.11 Å². The molecule has 252 valence electrons. The van der Waals surface area contributed by atoms with Crippen LogP contribution in [-0.4, -0.2) is 106 Å². The number of nitrogens with zero attached hydrogens (tertiary/aromatic N) is 3. The molecule has 3 amide bonds. The minimum atomic E-state index is -0.664. The van der Waals surface area contributed by atoms with Gasteiger partial charge in [0, 0.05) is 64.9 Å². The summed E-state index contributed by atoms with van der Waals surface area (Å²) >= 11 is 0. The zero-order valence-corrected chi connectivity index (χ0v) is 27.6. The van der Waals surface area contributed by atoms with Gasteiger partial charge in [0.05, 0.1) is 24.8 Å². The van der Waals surface area contributed by atoms with Crippen molar-refractivity contribution >= 4 is 23.4 Å². The monoisotopic (exact) mass is 643 g/mol. The van der Waals surface area contributed by atoms with Crippen molar-refractivity contribution in [1.29, 1.82) is 0 Å². The second-order valence-corrected chi connectivity index (χ2v) is 13.5. The number of benzene rings is 2. The topological polar surface area (TPSA) is 103 Å². The molecule has 0 aliphatic carbocycles. The van der Waals surface area contributed by atoms with E-state index in [1.807, 2.05) is 53.4 Å². The molecule has 0 radical (unpaired) electrons. The number of anilines is 1. The van der Waals surface area contributed by atoms with Crippen molar-refractivity contribution in [2.24, 2.45) is 11.3 Å². The summed E-state index contributed by atoms with van der Waals surface area (Å²) in [4.78, 5) is 47.7.